The van der Waals surface area contributed by atoms with Crippen LogP contribution in [0.25, 0.3) is 10.9 Å². The van der Waals surface area contributed by atoms with E-state index in [4.69, 9.17) is 15.2 Å². The monoisotopic (exact) mass is 416 g/mol. The summed E-state index contributed by atoms with van der Waals surface area (Å²) in [5, 5.41) is 0.842. The Morgan fingerprint density at radius 2 is 2.00 bits per heavy atom. The van der Waals surface area contributed by atoms with Gasteiger partial charge in [-0.05, 0) is 43.9 Å². The van der Waals surface area contributed by atoms with Gasteiger partial charge in [0.15, 0.2) is 0 Å². The Labute approximate surface area is 179 Å². The average molecular weight is 416 g/mol. The van der Waals surface area contributed by atoms with E-state index in [1.807, 2.05) is 54.0 Å². The molecule has 6 heteroatoms. The number of hydrogen-bond acceptors (Lipinski definition) is 5. The summed E-state index contributed by atoms with van der Waals surface area (Å²) >= 11 is 0. The number of ether oxygens (including phenoxy) is 2. The van der Waals surface area contributed by atoms with Crippen molar-refractivity contribution in [2.24, 2.45) is 5.73 Å². The Morgan fingerprint density at radius 3 is 2.74 bits per heavy atom. The zero-order valence-electron chi connectivity index (χ0n) is 17.6. The largest absolute Gasteiger partial charge is 0.462 e. The van der Waals surface area contributed by atoms with E-state index in [1.54, 1.807) is 6.92 Å². The number of aryl methyl sites for hydroxylation is 3. The smallest absolute Gasteiger partial charge is 0.340 e. The molecule has 6 nitrogen and oxygen atoms in total. The molecule has 1 unspecified atom stereocenters. The number of pyridine rings is 1. The fourth-order valence-electron chi connectivity index (χ4n) is 4.76. The molecular weight excluding hydrogens is 392 g/mol. The number of nitrogens with two attached hydrogens (primary N) is 1. The van der Waals surface area contributed by atoms with Crippen molar-refractivity contribution in [1.29, 1.82) is 0 Å². The lowest BCUT2D eigenvalue weighted by Gasteiger charge is -2.31. The van der Waals surface area contributed by atoms with Gasteiger partial charge in [-0.3, -0.25) is 4.79 Å². The van der Waals surface area contributed by atoms with E-state index in [1.165, 1.54) is 0 Å². The van der Waals surface area contributed by atoms with Gasteiger partial charge >= 0.3 is 5.97 Å². The van der Waals surface area contributed by atoms with Gasteiger partial charge in [0.05, 0.1) is 23.6 Å². The highest BCUT2D eigenvalue weighted by Gasteiger charge is 2.39. The van der Waals surface area contributed by atoms with E-state index < -0.39 is 11.9 Å². The highest BCUT2D eigenvalue weighted by atomic mass is 16.5. The van der Waals surface area contributed by atoms with Crippen LogP contribution in [0.5, 0.6) is 5.75 Å². The third-order valence-electron chi connectivity index (χ3n) is 6.14. The maximum atomic E-state index is 13.8. The topological polar surface area (TPSA) is 83.6 Å². The molecule has 1 atom stereocenters. The molecule has 3 aromatic rings. The summed E-state index contributed by atoms with van der Waals surface area (Å²) < 4.78 is 13.1. The molecule has 3 heterocycles. The van der Waals surface area contributed by atoms with E-state index in [0.29, 0.717) is 17.9 Å². The van der Waals surface area contributed by atoms with Gasteiger partial charge in [-0.2, -0.15) is 0 Å². The summed E-state index contributed by atoms with van der Waals surface area (Å²) in [6.07, 6.45) is 1.81. The molecule has 2 N–H and O–H groups in total. The molecule has 0 radical (unpaired) electrons. The van der Waals surface area contributed by atoms with E-state index in [-0.39, 0.29) is 23.6 Å². The van der Waals surface area contributed by atoms with Crippen molar-refractivity contribution in [1.82, 2.24) is 4.57 Å². The molecule has 0 aliphatic carbocycles. The van der Waals surface area contributed by atoms with Crippen molar-refractivity contribution >= 4 is 16.9 Å². The fraction of sp³-hybridized carbons (Fsp3) is 0.280. The minimum atomic E-state index is -0.658. The standard InChI is InChI=1S/C25H24N2O4/c1-3-30-25(29)20-18(15-11-9-14(2)10-12-15)19-22(31-23(20)26)17-8-4-6-16-7-5-13-27(21(16)17)24(19)28/h4,6,8-12,18H,3,5,7,13,26H2,1-2H3. The highest BCUT2D eigenvalue weighted by molar-refractivity contribution is 5.96. The molecule has 2 aromatic carbocycles. The molecule has 2 aliphatic heterocycles. The second-order valence-corrected chi connectivity index (χ2v) is 8.06. The van der Waals surface area contributed by atoms with Gasteiger partial charge in [0.1, 0.15) is 11.3 Å². The van der Waals surface area contributed by atoms with Crippen LogP contribution in [0, 0.1) is 6.92 Å². The number of rotatable bonds is 3. The quantitative estimate of drug-likeness (QED) is 0.661. The normalized spacial score (nSPS) is 17.3. The van der Waals surface area contributed by atoms with Gasteiger partial charge in [0, 0.05) is 11.9 Å². The van der Waals surface area contributed by atoms with Crippen LogP contribution in [0.1, 0.15) is 41.5 Å². The summed E-state index contributed by atoms with van der Waals surface area (Å²) in [4.78, 5) is 26.7. The van der Waals surface area contributed by atoms with Gasteiger partial charge in [-0.15, -0.1) is 0 Å². The number of hydrogen-bond donors (Lipinski definition) is 1. The van der Waals surface area contributed by atoms with Crippen LogP contribution in [-0.2, 0) is 22.5 Å². The Morgan fingerprint density at radius 1 is 1.23 bits per heavy atom. The van der Waals surface area contributed by atoms with Crippen LogP contribution < -0.4 is 16.0 Å². The number of esters is 1. The molecule has 0 spiro atoms. The zero-order chi connectivity index (χ0) is 21.7. The first-order valence-corrected chi connectivity index (χ1v) is 10.6. The van der Waals surface area contributed by atoms with E-state index in [9.17, 15) is 9.59 Å². The van der Waals surface area contributed by atoms with Crippen LogP contribution in [0.2, 0.25) is 0 Å². The molecule has 2 aliphatic rings. The maximum absolute atomic E-state index is 13.8. The second-order valence-electron chi connectivity index (χ2n) is 8.06. The highest BCUT2D eigenvalue weighted by Crippen LogP contribution is 2.45. The summed E-state index contributed by atoms with van der Waals surface area (Å²) in [5.74, 6) is -0.800. The number of para-hydroxylation sites is 1. The third kappa shape index (κ3) is 2.93. The number of aromatic nitrogens is 1. The van der Waals surface area contributed by atoms with Crippen molar-refractivity contribution in [3.8, 4) is 5.75 Å². The summed E-state index contributed by atoms with van der Waals surface area (Å²) in [5.41, 5.74) is 10.7. The maximum Gasteiger partial charge on any atom is 0.340 e. The van der Waals surface area contributed by atoms with E-state index in [0.717, 1.165) is 40.4 Å². The molecule has 1 aromatic heterocycles. The minimum Gasteiger partial charge on any atom is -0.462 e. The molecule has 0 saturated heterocycles. The Hall–Kier alpha value is -3.54. The molecule has 5 rings (SSSR count). The van der Waals surface area contributed by atoms with Gasteiger partial charge in [0.25, 0.3) is 5.56 Å². The first kappa shape index (κ1) is 19.4. The predicted octanol–water partition coefficient (Wildman–Crippen LogP) is 3.51. The lowest BCUT2D eigenvalue weighted by molar-refractivity contribution is -0.139. The summed E-state index contributed by atoms with van der Waals surface area (Å²) in [6, 6.07) is 13.8. The lowest BCUT2D eigenvalue weighted by atomic mass is 9.82. The Balaban J connectivity index is 1.86. The van der Waals surface area contributed by atoms with Crippen molar-refractivity contribution in [3.05, 3.63) is 86.5 Å². The molecule has 0 saturated carbocycles. The number of benzene rings is 2. The van der Waals surface area contributed by atoms with Crippen LogP contribution >= 0.6 is 0 Å². The molecule has 0 bridgehead atoms. The Bertz CT molecular complexity index is 1300. The number of carbonyl (C=O) groups excluding carboxylic acids is 1. The molecule has 0 amide bonds. The SMILES string of the molecule is CCOC(=O)C1=C(N)Oc2c(c(=O)n3c4c(cccc24)CCC3)C1c1ccc(C)cc1. The third-order valence-corrected chi connectivity index (χ3v) is 6.14. The summed E-state index contributed by atoms with van der Waals surface area (Å²) in [7, 11) is 0. The Kier molecular flexibility index (Phi) is 4.58. The zero-order valence-corrected chi connectivity index (χ0v) is 17.6. The first-order chi connectivity index (χ1) is 15.0. The minimum absolute atomic E-state index is 0.0163. The molecule has 0 fully saturated rings. The van der Waals surface area contributed by atoms with Crippen molar-refractivity contribution < 1.29 is 14.3 Å². The van der Waals surface area contributed by atoms with E-state index >= 15 is 0 Å². The van der Waals surface area contributed by atoms with Crippen LogP contribution in [-0.4, -0.2) is 17.1 Å². The van der Waals surface area contributed by atoms with Crippen molar-refractivity contribution in [2.45, 2.75) is 39.2 Å². The number of carbonyl (C=O) groups is 1. The summed E-state index contributed by atoms with van der Waals surface area (Å²) in [6.45, 7) is 4.57. The van der Waals surface area contributed by atoms with Gasteiger partial charge in [-0.1, -0.05) is 42.0 Å². The number of nitrogens with zero attached hydrogens (tertiary/aromatic N) is 1. The number of fused-ring (bicyclic) bond motifs is 2. The first-order valence-electron chi connectivity index (χ1n) is 10.6. The van der Waals surface area contributed by atoms with Crippen LogP contribution in [0.3, 0.4) is 0 Å². The second kappa shape index (κ2) is 7.30. The molecule has 31 heavy (non-hydrogen) atoms. The van der Waals surface area contributed by atoms with Gasteiger partial charge < -0.3 is 19.8 Å². The van der Waals surface area contributed by atoms with Crippen molar-refractivity contribution in [2.75, 3.05) is 6.61 Å². The lowest BCUT2D eigenvalue weighted by Crippen LogP contribution is -2.35. The van der Waals surface area contributed by atoms with Gasteiger partial charge in [-0.25, -0.2) is 4.79 Å². The van der Waals surface area contributed by atoms with Crippen LogP contribution in [0.4, 0.5) is 0 Å². The van der Waals surface area contributed by atoms with E-state index in [2.05, 4.69) is 0 Å². The van der Waals surface area contributed by atoms with Gasteiger partial charge in [0.2, 0.25) is 5.88 Å². The predicted molar refractivity (Wildman–Crippen MR) is 118 cm³/mol. The van der Waals surface area contributed by atoms with Crippen molar-refractivity contribution in [3.63, 3.8) is 0 Å². The average Bonchev–Trinajstić information content (AvgIpc) is 2.77. The van der Waals surface area contributed by atoms with Crippen LogP contribution in [0.15, 0.2) is 58.7 Å². The molecule has 158 valence electrons. The molecular formula is C25H24N2O4. The fourth-order valence-corrected chi connectivity index (χ4v) is 4.76.